The molecule has 22 heavy (non-hydrogen) atoms. The first-order valence-electron chi connectivity index (χ1n) is 7.96. The van der Waals surface area contributed by atoms with Crippen LogP contribution >= 0.6 is 11.3 Å². The molecule has 0 bridgehead atoms. The zero-order valence-corrected chi connectivity index (χ0v) is 14.3. The van der Waals surface area contributed by atoms with E-state index in [4.69, 9.17) is 0 Å². The van der Waals surface area contributed by atoms with Gasteiger partial charge in [-0.2, -0.15) is 11.3 Å². The van der Waals surface area contributed by atoms with Gasteiger partial charge >= 0.3 is 6.03 Å². The van der Waals surface area contributed by atoms with Crippen LogP contribution in [0.15, 0.2) is 16.8 Å². The lowest BCUT2D eigenvalue weighted by Gasteiger charge is -2.30. The third-order valence-corrected chi connectivity index (χ3v) is 4.87. The van der Waals surface area contributed by atoms with Crippen LogP contribution in [0.5, 0.6) is 0 Å². The molecule has 124 valence electrons. The summed E-state index contributed by atoms with van der Waals surface area (Å²) in [5.74, 6) is 0.753. The van der Waals surface area contributed by atoms with Crippen molar-refractivity contribution in [1.82, 2.24) is 15.5 Å². The maximum atomic E-state index is 11.8. The Labute approximate surface area is 136 Å². The number of thiophene rings is 1. The topological polar surface area (TPSA) is 64.6 Å². The Morgan fingerprint density at radius 3 is 3.05 bits per heavy atom. The molecule has 1 fully saturated rings. The number of nitrogens with zero attached hydrogens (tertiary/aromatic N) is 1. The highest BCUT2D eigenvalue weighted by molar-refractivity contribution is 7.08. The van der Waals surface area contributed by atoms with Gasteiger partial charge < -0.3 is 20.6 Å². The molecule has 1 aliphatic heterocycles. The molecule has 2 amide bonds. The summed E-state index contributed by atoms with van der Waals surface area (Å²) in [5.41, 5.74) is -0.195. The monoisotopic (exact) mass is 325 g/mol. The minimum absolute atomic E-state index is 0.205. The van der Waals surface area contributed by atoms with Gasteiger partial charge in [0.15, 0.2) is 0 Å². The lowest BCUT2D eigenvalue weighted by molar-refractivity contribution is 0.0598. The van der Waals surface area contributed by atoms with E-state index in [1.165, 1.54) is 24.2 Å². The van der Waals surface area contributed by atoms with Crippen LogP contribution in [-0.4, -0.2) is 48.8 Å². The normalized spacial score (nSPS) is 22.0. The summed E-state index contributed by atoms with van der Waals surface area (Å²) >= 11 is 1.54. The number of amides is 2. The number of likely N-dealkylation sites (tertiary alicyclic amines) is 1. The number of aliphatic hydroxyl groups is 1. The fraction of sp³-hybridized carbons (Fsp3) is 0.688. The summed E-state index contributed by atoms with van der Waals surface area (Å²) in [6.07, 6.45) is 2.55. The Morgan fingerprint density at radius 2 is 2.36 bits per heavy atom. The lowest BCUT2D eigenvalue weighted by atomic mass is 9.99. The molecule has 6 heteroatoms. The standard InChI is InChI=1S/C16H27N3O2S/c1-13-4-3-7-19(10-13)8-6-17-15(20)18-12-16(2,21)14-5-9-22-11-14/h5,9,11,13,21H,3-4,6-8,10,12H2,1-2H3,(H2,17,18,20). The predicted molar refractivity (Wildman–Crippen MR) is 90.1 cm³/mol. The van der Waals surface area contributed by atoms with Crippen molar-refractivity contribution in [2.75, 3.05) is 32.7 Å². The molecule has 2 unspecified atom stereocenters. The number of rotatable bonds is 6. The molecule has 0 aliphatic carbocycles. The fourth-order valence-corrected chi connectivity index (χ4v) is 3.59. The van der Waals surface area contributed by atoms with Gasteiger partial charge in [-0.3, -0.25) is 0 Å². The molecule has 1 saturated heterocycles. The van der Waals surface area contributed by atoms with Crippen LogP contribution in [0.2, 0.25) is 0 Å². The van der Waals surface area contributed by atoms with Crippen molar-refractivity contribution in [3.8, 4) is 0 Å². The van der Waals surface area contributed by atoms with Crippen molar-refractivity contribution >= 4 is 17.4 Å². The van der Waals surface area contributed by atoms with Gasteiger partial charge in [0.1, 0.15) is 5.60 Å². The molecule has 5 nitrogen and oxygen atoms in total. The quantitative estimate of drug-likeness (QED) is 0.749. The molecule has 0 saturated carbocycles. The second-order valence-corrected chi connectivity index (χ2v) is 7.22. The van der Waals surface area contributed by atoms with Gasteiger partial charge in [0.05, 0.1) is 6.54 Å². The van der Waals surface area contributed by atoms with Crippen molar-refractivity contribution in [3.63, 3.8) is 0 Å². The number of piperidine rings is 1. The number of hydrogen-bond acceptors (Lipinski definition) is 4. The van der Waals surface area contributed by atoms with E-state index in [0.29, 0.717) is 6.54 Å². The van der Waals surface area contributed by atoms with Crippen LogP contribution in [0.1, 0.15) is 32.3 Å². The van der Waals surface area contributed by atoms with Crippen LogP contribution in [-0.2, 0) is 5.60 Å². The first kappa shape index (κ1) is 17.2. The molecule has 3 N–H and O–H groups in total. The Bertz CT molecular complexity index is 462. The molecule has 0 spiro atoms. The summed E-state index contributed by atoms with van der Waals surface area (Å²) in [5, 5.41) is 19.8. The third kappa shape index (κ3) is 5.26. The van der Waals surface area contributed by atoms with E-state index in [-0.39, 0.29) is 12.6 Å². The SMILES string of the molecule is CC1CCCN(CCNC(=O)NCC(C)(O)c2ccsc2)C1. The van der Waals surface area contributed by atoms with E-state index in [2.05, 4.69) is 22.5 Å². The highest BCUT2D eigenvalue weighted by Crippen LogP contribution is 2.21. The molecule has 1 aliphatic rings. The minimum atomic E-state index is -1.03. The average Bonchev–Trinajstić information content (AvgIpc) is 3.00. The molecule has 1 aromatic rings. The molecule has 2 heterocycles. The Balaban J connectivity index is 1.64. The van der Waals surface area contributed by atoms with E-state index in [9.17, 15) is 9.90 Å². The lowest BCUT2D eigenvalue weighted by Crippen LogP contribution is -2.46. The fourth-order valence-electron chi connectivity index (χ4n) is 2.81. The molecular formula is C16H27N3O2S. The van der Waals surface area contributed by atoms with Gasteiger partial charge in [-0.1, -0.05) is 6.92 Å². The van der Waals surface area contributed by atoms with Gasteiger partial charge in [-0.05, 0) is 54.6 Å². The first-order chi connectivity index (χ1) is 10.5. The Morgan fingerprint density at radius 1 is 1.55 bits per heavy atom. The summed E-state index contributed by atoms with van der Waals surface area (Å²) in [6.45, 7) is 7.97. The average molecular weight is 325 g/mol. The van der Waals surface area contributed by atoms with Crippen molar-refractivity contribution in [3.05, 3.63) is 22.4 Å². The summed E-state index contributed by atoms with van der Waals surface area (Å²) in [6, 6.07) is 1.66. The highest BCUT2D eigenvalue weighted by Gasteiger charge is 2.24. The van der Waals surface area contributed by atoms with Crippen molar-refractivity contribution in [2.45, 2.75) is 32.3 Å². The third-order valence-electron chi connectivity index (χ3n) is 4.19. The van der Waals surface area contributed by atoms with Gasteiger partial charge in [-0.15, -0.1) is 0 Å². The van der Waals surface area contributed by atoms with Gasteiger partial charge in [0, 0.05) is 19.6 Å². The largest absolute Gasteiger partial charge is 0.384 e. The van der Waals surface area contributed by atoms with Crippen LogP contribution in [0, 0.1) is 5.92 Å². The van der Waals surface area contributed by atoms with E-state index < -0.39 is 5.60 Å². The van der Waals surface area contributed by atoms with E-state index in [1.807, 2.05) is 16.8 Å². The van der Waals surface area contributed by atoms with Crippen molar-refractivity contribution < 1.29 is 9.90 Å². The molecule has 2 atom stereocenters. The van der Waals surface area contributed by atoms with Crippen molar-refractivity contribution in [1.29, 1.82) is 0 Å². The number of hydrogen-bond donors (Lipinski definition) is 3. The smallest absolute Gasteiger partial charge is 0.314 e. The number of carbonyl (C=O) groups excluding carboxylic acids is 1. The van der Waals surface area contributed by atoms with E-state index in [0.717, 1.165) is 31.1 Å². The first-order valence-corrected chi connectivity index (χ1v) is 8.91. The number of nitrogens with one attached hydrogen (secondary N) is 2. The molecule has 0 aromatic carbocycles. The predicted octanol–water partition coefficient (Wildman–Crippen LogP) is 1.99. The van der Waals surface area contributed by atoms with Crippen LogP contribution in [0.4, 0.5) is 4.79 Å². The molecule has 1 aromatic heterocycles. The Hall–Kier alpha value is -1.11. The zero-order chi connectivity index (χ0) is 16.0. The maximum absolute atomic E-state index is 11.8. The van der Waals surface area contributed by atoms with Crippen LogP contribution in [0.3, 0.4) is 0 Å². The Kier molecular flexibility index (Phi) is 6.23. The van der Waals surface area contributed by atoms with E-state index in [1.54, 1.807) is 6.92 Å². The maximum Gasteiger partial charge on any atom is 0.314 e. The van der Waals surface area contributed by atoms with Crippen LogP contribution < -0.4 is 10.6 Å². The molecule has 2 rings (SSSR count). The zero-order valence-electron chi connectivity index (χ0n) is 13.5. The van der Waals surface area contributed by atoms with Crippen molar-refractivity contribution in [2.24, 2.45) is 5.92 Å². The van der Waals surface area contributed by atoms with E-state index >= 15 is 0 Å². The van der Waals surface area contributed by atoms with Gasteiger partial charge in [0.25, 0.3) is 0 Å². The molecular weight excluding hydrogens is 298 g/mol. The number of urea groups is 1. The molecule has 0 radical (unpaired) electrons. The highest BCUT2D eigenvalue weighted by atomic mass is 32.1. The summed E-state index contributed by atoms with van der Waals surface area (Å²) < 4.78 is 0. The minimum Gasteiger partial charge on any atom is -0.384 e. The number of carbonyl (C=O) groups is 1. The second kappa shape index (κ2) is 7.94. The second-order valence-electron chi connectivity index (χ2n) is 6.44. The van der Waals surface area contributed by atoms with Gasteiger partial charge in [0.2, 0.25) is 0 Å². The van der Waals surface area contributed by atoms with Crippen LogP contribution in [0.25, 0.3) is 0 Å². The summed E-state index contributed by atoms with van der Waals surface area (Å²) in [7, 11) is 0. The summed E-state index contributed by atoms with van der Waals surface area (Å²) in [4.78, 5) is 14.2. The van der Waals surface area contributed by atoms with Gasteiger partial charge in [-0.25, -0.2) is 4.79 Å².